The molecule has 0 unspecified atom stereocenters. The third-order valence-electron chi connectivity index (χ3n) is 4.07. The largest absolute Gasteiger partial charge is 0.326 e. The van der Waals surface area contributed by atoms with Gasteiger partial charge in [0.15, 0.2) is 11.6 Å². The lowest BCUT2D eigenvalue weighted by molar-refractivity contribution is -0.116. The van der Waals surface area contributed by atoms with Crippen LogP contribution in [-0.2, 0) is 9.59 Å². The number of benzene rings is 2. The Hall–Kier alpha value is -2.41. The van der Waals surface area contributed by atoms with Crippen molar-refractivity contribution in [3.63, 3.8) is 0 Å². The minimum absolute atomic E-state index is 0.0538. The predicted octanol–water partition coefficient (Wildman–Crippen LogP) is 4.98. The van der Waals surface area contributed by atoms with Gasteiger partial charge in [-0.1, -0.05) is 17.7 Å². The second kappa shape index (κ2) is 10.2. The van der Waals surface area contributed by atoms with Crippen molar-refractivity contribution in [2.24, 2.45) is 0 Å². The van der Waals surface area contributed by atoms with Gasteiger partial charge in [-0.2, -0.15) is 11.8 Å². The van der Waals surface area contributed by atoms with E-state index in [1.54, 1.807) is 0 Å². The van der Waals surface area contributed by atoms with Crippen molar-refractivity contribution >= 4 is 35.0 Å². The fraction of sp³-hybridized carbons (Fsp3) is 0.333. The molecule has 0 aliphatic heterocycles. The summed E-state index contributed by atoms with van der Waals surface area (Å²) in [5, 5.41) is 5.47. The monoisotopic (exact) mass is 406 g/mol. The number of carbonyl (C=O) groups is 2. The Balaban J connectivity index is 1.67. The molecule has 0 atom stereocenters. The van der Waals surface area contributed by atoms with Crippen LogP contribution in [0.15, 0.2) is 30.3 Å². The van der Waals surface area contributed by atoms with Crippen molar-refractivity contribution in [3.05, 3.63) is 58.7 Å². The molecule has 2 aromatic rings. The van der Waals surface area contributed by atoms with E-state index in [2.05, 4.69) is 10.6 Å². The van der Waals surface area contributed by atoms with Crippen molar-refractivity contribution in [3.8, 4) is 0 Å². The van der Waals surface area contributed by atoms with Crippen molar-refractivity contribution in [2.75, 3.05) is 22.1 Å². The van der Waals surface area contributed by atoms with E-state index in [4.69, 9.17) is 0 Å². The van der Waals surface area contributed by atoms with E-state index in [1.807, 2.05) is 32.9 Å². The third kappa shape index (κ3) is 6.64. The van der Waals surface area contributed by atoms with Crippen LogP contribution in [0.3, 0.4) is 0 Å². The zero-order chi connectivity index (χ0) is 20.7. The summed E-state index contributed by atoms with van der Waals surface area (Å²) < 4.78 is 26.0. The lowest BCUT2D eigenvalue weighted by Crippen LogP contribution is -2.15. The summed E-state index contributed by atoms with van der Waals surface area (Å²) in [4.78, 5) is 24.0. The Morgan fingerprint density at radius 1 is 0.929 bits per heavy atom. The van der Waals surface area contributed by atoms with Gasteiger partial charge in [0.2, 0.25) is 11.8 Å². The molecule has 0 aliphatic rings. The van der Waals surface area contributed by atoms with Crippen molar-refractivity contribution in [2.45, 2.75) is 33.6 Å². The molecule has 4 nitrogen and oxygen atoms in total. The average molecular weight is 406 g/mol. The Bertz CT molecular complexity index is 848. The summed E-state index contributed by atoms with van der Waals surface area (Å²) in [6.45, 7) is 5.96. The molecule has 2 amide bonds. The summed E-state index contributed by atoms with van der Waals surface area (Å²) in [6, 6.07) is 7.28. The molecule has 2 N–H and O–H groups in total. The van der Waals surface area contributed by atoms with Gasteiger partial charge < -0.3 is 10.6 Å². The summed E-state index contributed by atoms with van der Waals surface area (Å²) in [5.41, 5.74) is 4.30. The number of nitrogens with one attached hydrogen (secondary N) is 2. The van der Waals surface area contributed by atoms with Crippen molar-refractivity contribution in [1.29, 1.82) is 0 Å². The second-order valence-electron chi connectivity index (χ2n) is 6.66. The van der Waals surface area contributed by atoms with E-state index in [-0.39, 0.29) is 23.3 Å². The molecule has 0 saturated carbocycles. The van der Waals surface area contributed by atoms with E-state index < -0.39 is 11.6 Å². The van der Waals surface area contributed by atoms with Crippen LogP contribution < -0.4 is 10.6 Å². The molecular formula is C21H24F2N2O2S. The summed E-state index contributed by atoms with van der Waals surface area (Å²) >= 11 is 1.38. The molecule has 0 saturated heterocycles. The highest BCUT2D eigenvalue weighted by Crippen LogP contribution is 2.22. The Morgan fingerprint density at radius 2 is 1.61 bits per heavy atom. The van der Waals surface area contributed by atoms with Gasteiger partial charge in [-0.15, -0.1) is 0 Å². The number of hydrogen-bond acceptors (Lipinski definition) is 3. The lowest BCUT2D eigenvalue weighted by Gasteiger charge is -2.12. The number of amides is 2. The number of aryl methyl sites for hydroxylation is 3. The van der Waals surface area contributed by atoms with Crippen molar-refractivity contribution in [1.82, 2.24) is 0 Å². The van der Waals surface area contributed by atoms with Crippen LogP contribution in [-0.4, -0.2) is 23.3 Å². The van der Waals surface area contributed by atoms with Gasteiger partial charge in [-0.3, -0.25) is 9.59 Å². The highest BCUT2D eigenvalue weighted by molar-refractivity contribution is 7.99. The maximum Gasteiger partial charge on any atom is 0.234 e. The predicted molar refractivity (Wildman–Crippen MR) is 111 cm³/mol. The Labute approximate surface area is 168 Å². The Kier molecular flexibility index (Phi) is 7.99. The number of hydrogen-bond donors (Lipinski definition) is 2. The van der Waals surface area contributed by atoms with Crippen LogP contribution >= 0.6 is 11.8 Å². The summed E-state index contributed by atoms with van der Waals surface area (Å²) in [6.07, 6.45) is 1.00. The van der Waals surface area contributed by atoms with E-state index in [1.165, 1.54) is 17.8 Å². The van der Waals surface area contributed by atoms with Crippen LogP contribution in [0.1, 0.15) is 29.5 Å². The number of thioether (sulfide) groups is 1. The first kappa shape index (κ1) is 21.9. The van der Waals surface area contributed by atoms with Crippen LogP contribution in [0.2, 0.25) is 0 Å². The highest BCUT2D eigenvalue weighted by Gasteiger charge is 2.09. The smallest absolute Gasteiger partial charge is 0.234 e. The zero-order valence-electron chi connectivity index (χ0n) is 16.2. The number of halogens is 2. The summed E-state index contributed by atoms with van der Waals surface area (Å²) in [5.74, 6) is -1.49. The van der Waals surface area contributed by atoms with Gasteiger partial charge in [-0.05, 0) is 56.2 Å². The quantitative estimate of drug-likeness (QED) is 0.608. The fourth-order valence-electron chi connectivity index (χ4n) is 2.85. The molecule has 150 valence electrons. The van der Waals surface area contributed by atoms with Gasteiger partial charge >= 0.3 is 0 Å². The van der Waals surface area contributed by atoms with Gasteiger partial charge in [0.1, 0.15) is 0 Å². The summed E-state index contributed by atoms with van der Waals surface area (Å²) in [7, 11) is 0. The molecule has 0 aliphatic carbocycles. The first-order valence-corrected chi connectivity index (χ1v) is 10.1. The third-order valence-corrected chi connectivity index (χ3v) is 5.11. The first-order chi connectivity index (χ1) is 13.3. The zero-order valence-corrected chi connectivity index (χ0v) is 17.0. The standard InChI is InChI=1S/C21H24F2N2O2S/c1-13-9-14(2)21(15(3)10-13)25-19(26)5-4-8-28-12-20(27)24-16-6-7-17(22)18(23)11-16/h6-7,9-11H,4-5,8,12H2,1-3H3,(H,24,27)(H,25,26). The molecule has 0 heterocycles. The second-order valence-corrected chi connectivity index (χ2v) is 7.76. The van der Waals surface area contributed by atoms with Gasteiger partial charge in [0.05, 0.1) is 5.75 Å². The Morgan fingerprint density at radius 3 is 2.25 bits per heavy atom. The number of anilines is 2. The van der Waals surface area contributed by atoms with Crippen LogP contribution in [0, 0.1) is 32.4 Å². The molecule has 28 heavy (non-hydrogen) atoms. The van der Waals surface area contributed by atoms with E-state index in [9.17, 15) is 18.4 Å². The minimum atomic E-state index is -1.00. The van der Waals surface area contributed by atoms with Crippen molar-refractivity contribution < 1.29 is 18.4 Å². The molecule has 0 spiro atoms. The molecule has 2 aromatic carbocycles. The van der Waals surface area contributed by atoms with E-state index in [0.717, 1.165) is 34.5 Å². The van der Waals surface area contributed by atoms with E-state index >= 15 is 0 Å². The van der Waals surface area contributed by atoms with Gasteiger partial charge in [0, 0.05) is 23.9 Å². The molecule has 0 bridgehead atoms. The van der Waals surface area contributed by atoms with Crippen LogP contribution in [0.5, 0.6) is 0 Å². The molecule has 0 radical (unpaired) electrons. The number of rotatable bonds is 8. The van der Waals surface area contributed by atoms with Gasteiger partial charge in [0.25, 0.3) is 0 Å². The normalized spacial score (nSPS) is 10.6. The maximum absolute atomic E-state index is 13.1. The van der Waals surface area contributed by atoms with Crippen LogP contribution in [0.25, 0.3) is 0 Å². The SMILES string of the molecule is Cc1cc(C)c(NC(=O)CCCSCC(=O)Nc2ccc(F)c(F)c2)c(C)c1. The van der Waals surface area contributed by atoms with Gasteiger partial charge in [-0.25, -0.2) is 8.78 Å². The highest BCUT2D eigenvalue weighted by atomic mass is 32.2. The topological polar surface area (TPSA) is 58.2 Å². The molecule has 0 fully saturated rings. The molecular weight excluding hydrogens is 382 g/mol. The first-order valence-electron chi connectivity index (χ1n) is 8.96. The molecule has 7 heteroatoms. The average Bonchev–Trinajstić information content (AvgIpc) is 2.61. The number of carbonyl (C=O) groups excluding carboxylic acids is 2. The van der Waals surface area contributed by atoms with E-state index in [0.29, 0.717) is 18.6 Å². The van der Waals surface area contributed by atoms with Crippen LogP contribution in [0.4, 0.5) is 20.2 Å². The lowest BCUT2D eigenvalue weighted by atomic mass is 10.0. The fourth-order valence-corrected chi connectivity index (χ4v) is 3.60. The minimum Gasteiger partial charge on any atom is -0.326 e. The molecule has 2 rings (SSSR count). The molecule has 0 aromatic heterocycles. The maximum atomic E-state index is 13.1.